The van der Waals surface area contributed by atoms with Crippen molar-refractivity contribution in [1.29, 1.82) is 0 Å². The van der Waals surface area contributed by atoms with E-state index in [0.29, 0.717) is 18.1 Å². The van der Waals surface area contributed by atoms with Gasteiger partial charge in [-0.05, 0) is 17.5 Å². The number of halogens is 1. The summed E-state index contributed by atoms with van der Waals surface area (Å²) in [5.41, 5.74) is 2.90. The first-order valence-corrected chi connectivity index (χ1v) is 5.81. The molecule has 1 nitrogen and oxygen atoms in total. The van der Waals surface area contributed by atoms with E-state index in [9.17, 15) is 0 Å². The van der Waals surface area contributed by atoms with Gasteiger partial charge in [0.15, 0.2) is 0 Å². The standard InChI is InChI=1S/C11H11BrO/c12-6-8-5-7-3-1-2-4-9(7)11-10(8)13-11/h1-4,8,10-11H,5-6H2. The minimum atomic E-state index is 0.410. The second-order valence-electron chi connectivity index (χ2n) is 3.84. The van der Waals surface area contributed by atoms with Gasteiger partial charge in [0.1, 0.15) is 6.10 Å². The maximum Gasteiger partial charge on any atom is 0.110 e. The Morgan fingerprint density at radius 2 is 2.23 bits per heavy atom. The zero-order valence-corrected chi connectivity index (χ0v) is 8.83. The largest absolute Gasteiger partial charge is 0.364 e. The summed E-state index contributed by atoms with van der Waals surface area (Å²) in [6.07, 6.45) is 2.07. The highest BCUT2D eigenvalue weighted by Crippen LogP contribution is 2.49. The van der Waals surface area contributed by atoms with E-state index in [1.165, 1.54) is 17.5 Å². The van der Waals surface area contributed by atoms with Gasteiger partial charge in [-0.1, -0.05) is 40.2 Å². The van der Waals surface area contributed by atoms with E-state index in [0.717, 1.165) is 5.33 Å². The fraction of sp³-hybridized carbons (Fsp3) is 0.455. The molecular weight excluding hydrogens is 228 g/mol. The summed E-state index contributed by atoms with van der Waals surface area (Å²) in [4.78, 5) is 0. The molecule has 1 fully saturated rings. The highest BCUT2D eigenvalue weighted by Gasteiger charge is 2.49. The minimum Gasteiger partial charge on any atom is -0.364 e. The average Bonchev–Trinajstić information content (AvgIpc) is 2.96. The smallest absolute Gasteiger partial charge is 0.110 e. The molecular formula is C11H11BrO. The van der Waals surface area contributed by atoms with Gasteiger partial charge in [-0.2, -0.15) is 0 Å². The highest BCUT2D eigenvalue weighted by atomic mass is 79.9. The van der Waals surface area contributed by atoms with Crippen molar-refractivity contribution >= 4 is 15.9 Å². The van der Waals surface area contributed by atoms with Crippen molar-refractivity contribution < 1.29 is 4.74 Å². The summed E-state index contributed by atoms with van der Waals surface area (Å²) >= 11 is 3.55. The Hall–Kier alpha value is -0.340. The molecule has 0 N–H and O–H groups in total. The number of epoxide rings is 1. The molecule has 1 aromatic rings. The summed E-state index contributed by atoms with van der Waals surface area (Å²) in [5.74, 6) is 0.680. The van der Waals surface area contributed by atoms with Crippen LogP contribution in [-0.4, -0.2) is 11.4 Å². The van der Waals surface area contributed by atoms with Crippen molar-refractivity contribution in [2.45, 2.75) is 18.6 Å². The summed E-state index contributed by atoms with van der Waals surface area (Å²) < 4.78 is 5.68. The van der Waals surface area contributed by atoms with Gasteiger partial charge in [-0.3, -0.25) is 0 Å². The quantitative estimate of drug-likeness (QED) is 0.542. The lowest BCUT2D eigenvalue weighted by atomic mass is 9.85. The number of alkyl halides is 1. The summed E-state index contributed by atoms with van der Waals surface area (Å²) in [6.45, 7) is 0. The van der Waals surface area contributed by atoms with Crippen LogP contribution in [0.5, 0.6) is 0 Å². The van der Waals surface area contributed by atoms with E-state index in [1.54, 1.807) is 0 Å². The zero-order valence-electron chi connectivity index (χ0n) is 7.24. The van der Waals surface area contributed by atoms with Crippen molar-refractivity contribution in [2.24, 2.45) is 5.92 Å². The Bertz CT molecular complexity index is 337. The molecule has 68 valence electrons. The number of hydrogen-bond acceptors (Lipinski definition) is 1. The lowest BCUT2D eigenvalue weighted by Crippen LogP contribution is -2.19. The van der Waals surface area contributed by atoms with Crippen LogP contribution in [0.25, 0.3) is 0 Å². The Morgan fingerprint density at radius 1 is 1.38 bits per heavy atom. The van der Waals surface area contributed by atoms with E-state index >= 15 is 0 Å². The third-order valence-electron chi connectivity index (χ3n) is 3.03. The molecule has 13 heavy (non-hydrogen) atoms. The maximum atomic E-state index is 5.68. The van der Waals surface area contributed by atoms with Crippen LogP contribution < -0.4 is 0 Å². The van der Waals surface area contributed by atoms with Crippen molar-refractivity contribution in [1.82, 2.24) is 0 Å². The van der Waals surface area contributed by atoms with Crippen LogP contribution in [0.3, 0.4) is 0 Å². The first-order chi connectivity index (χ1) is 6.40. The van der Waals surface area contributed by atoms with Gasteiger partial charge in [0, 0.05) is 11.2 Å². The van der Waals surface area contributed by atoms with Crippen LogP contribution in [0, 0.1) is 5.92 Å². The fourth-order valence-corrected chi connectivity index (χ4v) is 2.87. The average molecular weight is 239 g/mol. The fourth-order valence-electron chi connectivity index (χ4n) is 2.27. The van der Waals surface area contributed by atoms with Crippen LogP contribution in [0.2, 0.25) is 0 Å². The number of rotatable bonds is 1. The van der Waals surface area contributed by atoms with E-state index in [4.69, 9.17) is 4.74 Å². The molecule has 0 spiro atoms. The lowest BCUT2D eigenvalue weighted by Gasteiger charge is -2.18. The summed E-state index contributed by atoms with van der Waals surface area (Å²) in [6, 6.07) is 8.65. The zero-order chi connectivity index (χ0) is 8.84. The van der Waals surface area contributed by atoms with E-state index in [2.05, 4.69) is 40.2 Å². The normalized spacial score (nSPS) is 35.0. The molecule has 1 aromatic carbocycles. The molecule has 3 unspecified atom stereocenters. The van der Waals surface area contributed by atoms with E-state index in [-0.39, 0.29) is 0 Å². The molecule has 3 rings (SSSR count). The first kappa shape index (κ1) is 8.01. The van der Waals surface area contributed by atoms with E-state index < -0.39 is 0 Å². The van der Waals surface area contributed by atoms with Crippen LogP contribution in [0.15, 0.2) is 24.3 Å². The molecule has 1 saturated heterocycles. The third-order valence-corrected chi connectivity index (χ3v) is 3.86. The Morgan fingerprint density at radius 3 is 3.08 bits per heavy atom. The van der Waals surface area contributed by atoms with Crippen LogP contribution in [0.1, 0.15) is 17.2 Å². The number of hydrogen-bond donors (Lipinski definition) is 0. The second-order valence-corrected chi connectivity index (χ2v) is 4.49. The van der Waals surface area contributed by atoms with Crippen LogP contribution in [-0.2, 0) is 11.2 Å². The van der Waals surface area contributed by atoms with Gasteiger partial charge in [-0.15, -0.1) is 0 Å². The topological polar surface area (TPSA) is 12.5 Å². The Balaban J connectivity index is 2.01. The molecule has 0 aromatic heterocycles. The lowest BCUT2D eigenvalue weighted by molar-refractivity contribution is 0.337. The SMILES string of the molecule is BrCC1Cc2ccccc2C2OC12. The molecule has 2 aliphatic rings. The Kier molecular flexibility index (Phi) is 1.74. The second kappa shape index (κ2) is 2.82. The summed E-state index contributed by atoms with van der Waals surface area (Å²) in [7, 11) is 0. The molecule has 0 amide bonds. The predicted octanol–water partition coefficient (Wildman–Crippen LogP) is 2.69. The Labute approximate surface area is 86.2 Å². The molecule has 1 aliphatic carbocycles. The van der Waals surface area contributed by atoms with Crippen LogP contribution >= 0.6 is 15.9 Å². The molecule has 1 heterocycles. The molecule has 0 bridgehead atoms. The minimum absolute atomic E-state index is 0.410. The molecule has 2 heteroatoms. The van der Waals surface area contributed by atoms with Gasteiger partial charge in [-0.25, -0.2) is 0 Å². The van der Waals surface area contributed by atoms with Crippen LogP contribution in [0.4, 0.5) is 0 Å². The van der Waals surface area contributed by atoms with Gasteiger partial charge in [0.2, 0.25) is 0 Å². The number of fused-ring (bicyclic) bond motifs is 3. The number of ether oxygens (including phenoxy) is 1. The monoisotopic (exact) mass is 238 g/mol. The maximum absolute atomic E-state index is 5.68. The van der Waals surface area contributed by atoms with Gasteiger partial charge >= 0.3 is 0 Å². The molecule has 3 atom stereocenters. The molecule has 0 radical (unpaired) electrons. The van der Waals surface area contributed by atoms with Gasteiger partial charge < -0.3 is 4.74 Å². The predicted molar refractivity (Wildman–Crippen MR) is 55.0 cm³/mol. The molecule has 0 saturated carbocycles. The van der Waals surface area contributed by atoms with Gasteiger partial charge in [0.25, 0.3) is 0 Å². The van der Waals surface area contributed by atoms with Gasteiger partial charge in [0.05, 0.1) is 6.10 Å². The summed E-state index contributed by atoms with van der Waals surface area (Å²) in [5, 5.41) is 1.06. The third kappa shape index (κ3) is 1.16. The van der Waals surface area contributed by atoms with Crippen molar-refractivity contribution in [3.05, 3.63) is 35.4 Å². The first-order valence-electron chi connectivity index (χ1n) is 4.69. The van der Waals surface area contributed by atoms with Crippen molar-refractivity contribution in [3.63, 3.8) is 0 Å². The van der Waals surface area contributed by atoms with Crippen molar-refractivity contribution in [3.8, 4) is 0 Å². The number of benzene rings is 1. The highest BCUT2D eigenvalue weighted by molar-refractivity contribution is 9.09. The molecule has 1 aliphatic heterocycles. The van der Waals surface area contributed by atoms with Crippen molar-refractivity contribution in [2.75, 3.05) is 5.33 Å². The van der Waals surface area contributed by atoms with E-state index in [1.807, 2.05) is 0 Å².